The Kier molecular flexibility index (Phi) is 8.64. The molecule has 1 aromatic rings. The Labute approximate surface area is 173 Å². The van der Waals surface area contributed by atoms with Gasteiger partial charge in [-0.15, -0.1) is 0 Å². The van der Waals surface area contributed by atoms with Crippen molar-refractivity contribution in [2.24, 2.45) is 17.3 Å². The molecule has 0 aromatic heterocycles. The number of hydrogen-bond acceptors (Lipinski definition) is 6. The molecule has 1 rings (SSSR count). The smallest absolute Gasteiger partial charge is 0.292 e. The topological polar surface area (TPSA) is 128 Å². The minimum Gasteiger partial charge on any atom is -0.401 e. The highest BCUT2D eigenvalue weighted by Gasteiger charge is 2.52. The van der Waals surface area contributed by atoms with Crippen LogP contribution >= 0.6 is 0 Å². The number of hydrogen-bond donors (Lipinski definition) is 5. The molecule has 1 aromatic carbocycles. The van der Waals surface area contributed by atoms with Crippen molar-refractivity contribution in [3.63, 3.8) is 0 Å². The minimum atomic E-state index is -3.64. The number of nitrogens with one attached hydrogen (secondary N) is 2. The van der Waals surface area contributed by atoms with E-state index in [0.29, 0.717) is 5.57 Å². The van der Waals surface area contributed by atoms with Gasteiger partial charge < -0.3 is 26.9 Å². The fraction of sp³-hybridized carbons (Fsp3) is 0.350. The third kappa shape index (κ3) is 5.85. The molecule has 1 atom stereocenters. The molecule has 0 aliphatic carbocycles. The number of hydrazine groups is 1. The van der Waals surface area contributed by atoms with Crippen LogP contribution in [0, 0.1) is 5.82 Å². The van der Waals surface area contributed by atoms with E-state index in [1.807, 2.05) is 0 Å². The standard InChI is InChI=1S/C20H28F3N5O2/c1-5-19(25,20(22,23)11-30-10-13(3)24)16-8-15(6-7-17(16)21)28-18(29)14(4)12(2)9-27-26/h6-9,27H,3-5,10-11,24-26H2,1-2H3,(H,28,29)/b12-9-/t19-/m1/s1. The Balaban J connectivity index is 3.21. The molecule has 0 aliphatic rings. The molecule has 0 aliphatic heterocycles. The van der Waals surface area contributed by atoms with Gasteiger partial charge in [-0.3, -0.25) is 10.6 Å². The number of nitrogens with two attached hydrogens (primary N) is 3. The molecule has 166 valence electrons. The second-order valence-electron chi connectivity index (χ2n) is 6.80. The molecule has 1 amide bonds. The number of amides is 1. The largest absolute Gasteiger partial charge is 0.401 e. The minimum absolute atomic E-state index is 0.0650. The average Bonchev–Trinajstić information content (AvgIpc) is 2.67. The van der Waals surface area contributed by atoms with E-state index in [1.165, 1.54) is 19.2 Å². The third-order valence-corrected chi connectivity index (χ3v) is 4.54. The normalized spacial score (nSPS) is 14.0. The van der Waals surface area contributed by atoms with Gasteiger partial charge in [0.2, 0.25) is 0 Å². The van der Waals surface area contributed by atoms with Crippen LogP contribution in [0.2, 0.25) is 0 Å². The molecule has 0 fully saturated rings. The zero-order valence-corrected chi connectivity index (χ0v) is 17.0. The molecule has 30 heavy (non-hydrogen) atoms. The van der Waals surface area contributed by atoms with Gasteiger partial charge in [0, 0.05) is 28.7 Å². The number of benzene rings is 1. The summed E-state index contributed by atoms with van der Waals surface area (Å²) in [5.41, 5.74) is 11.4. The maximum Gasteiger partial charge on any atom is 0.292 e. The van der Waals surface area contributed by atoms with Gasteiger partial charge in [0.25, 0.3) is 11.8 Å². The van der Waals surface area contributed by atoms with Gasteiger partial charge in [-0.25, -0.2) is 13.2 Å². The van der Waals surface area contributed by atoms with Gasteiger partial charge in [0.15, 0.2) is 0 Å². The quantitative estimate of drug-likeness (QED) is 0.160. The molecule has 0 saturated carbocycles. The first-order valence-electron chi connectivity index (χ1n) is 9.00. The lowest BCUT2D eigenvalue weighted by atomic mass is 9.81. The summed E-state index contributed by atoms with van der Waals surface area (Å²) in [6.07, 6.45) is 1.05. The van der Waals surface area contributed by atoms with E-state index in [-0.39, 0.29) is 30.0 Å². The summed E-state index contributed by atoms with van der Waals surface area (Å²) >= 11 is 0. The molecule has 7 nitrogen and oxygen atoms in total. The van der Waals surface area contributed by atoms with Crippen LogP contribution in [0.5, 0.6) is 0 Å². The highest BCUT2D eigenvalue weighted by atomic mass is 19.3. The van der Waals surface area contributed by atoms with Crippen LogP contribution < -0.4 is 28.1 Å². The van der Waals surface area contributed by atoms with Crippen LogP contribution in [0.1, 0.15) is 25.8 Å². The van der Waals surface area contributed by atoms with Gasteiger partial charge in [0.1, 0.15) is 18.0 Å². The Morgan fingerprint density at radius 1 is 1.33 bits per heavy atom. The molecule has 0 saturated heterocycles. The van der Waals surface area contributed by atoms with Crippen LogP contribution in [0.25, 0.3) is 0 Å². The number of rotatable bonds is 11. The van der Waals surface area contributed by atoms with E-state index < -0.39 is 35.4 Å². The lowest BCUT2D eigenvalue weighted by Gasteiger charge is -2.37. The third-order valence-electron chi connectivity index (χ3n) is 4.54. The first kappa shape index (κ1) is 25.2. The number of ether oxygens (including phenoxy) is 1. The molecule has 8 N–H and O–H groups in total. The van der Waals surface area contributed by atoms with Crippen LogP contribution in [-0.2, 0) is 15.1 Å². The van der Waals surface area contributed by atoms with Crippen LogP contribution in [0.3, 0.4) is 0 Å². The van der Waals surface area contributed by atoms with Crippen LogP contribution in [-0.4, -0.2) is 25.0 Å². The second kappa shape index (κ2) is 10.3. The van der Waals surface area contributed by atoms with Gasteiger partial charge in [-0.2, -0.15) is 0 Å². The van der Waals surface area contributed by atoms with E-state index in [0.717, 1.165) is 12.1 Å². The summed E-state index contributed by atoms with van der Waals surface area (Å²) < 4.78 is 49.1. The van der Waals surface area contributed by atoms with Crippen molar-refractivity contribution in [1.29, 1.82) is 0 Å². The Morgan fingerprint density at radius 2 is 1.97 bits per heavy atom. The maximum absolute atomic E-state index is 14.9. The fourth-order valence-corrected chi connectivity index (χ4v) is 2.63. The molecule has 0 radical (unpaired) electrons. The monoisotopic (exact) mass is 427 g/mol. The SMILES string of the molecule is C=C(N)COCC(F)(F)[C@@](N)(CC)c1cc(NC(=O)C(=C)/C(C)=C\NN)ccc1F. The summed E-state index contributed by atoms with van der Waals surface area (Å²) in [6.45, 7) is 8.61. The first-order valence-corrected chi connectivity index (χ1v) is 9.00. The van der Waals surface area contributed by atoms with Crippen molar-refractivity contribution >= 4 is 11.6 Å². The van der Waals surface area contributed by atoms with Crippen molar-refractivity contribution in [3.8, 4) is 0 Å². The summed E-state index contributed by atoms with van der Waals surface area (Å²) in [5, 5.41) is 2.48. The zero-order chi connectivity index (χ0) is 23.1. The van der Waals surface area contributed by atoms with Gasteiger partial charge in [-0.1, -0.05) is 20.1 Å². The van der Waals surface area contributed by atoms with E-state index >= 15 is 0 Å². The summed E-state index contributed by atoms with van der Waals surface area (Å²) in [7, 11) is 0. The van der Waals surface area contributed by atoms with Gasteiger partial charge in [0.05, 0.1) is 6.61 Å². The molecular formula is C20H28F3N5O2. The number of halogens is 3. The lowest BCUT2D eigenvalue weighted by Crippen LogP contribution is -2.55. The van der Waals surface area contributed by atoms with E-state index in [9.17, 15) is 18.0 Å². The molecule has 0 bridgehead atoms. The Morgan fingerprint density at radius 3 is 2.50 bits per heavy atom. The predicted octanol–water partition coefficient (Wildman–Crippen LogP) is 2.38. The summed E-state index contributed by atoms with van der Waals surface area (Å²) in [5.74, 6) is -0.0391. The summed E-state index contributed by atoms with van der Waals surface area (Å²) in [4.78, 5) is 12.3. The van der Waals surface area contributed by atoms with E-state index in [4.69, 9.17) is 22.0 Å². The second-order valence-corrected chi connectivity index (χ2v) is 6.80. The fourth-order valence-electron chi connectivity index (χ4n) is 2.63. The molecule has 0 unspecified atom stereocenters. The number of anilines is 1. The maximum atomic E-state index is 14.9. The lowest BCUT2D eigenvalue weighted by molar-refractivity contribution is -0.131. The average molecular weight is 427 g/mol. The number of alkyl halides is 2. The molecule has 10 heteroatoms. The highest BCUT2D eigenvalue weighted by molar-refractivity contribution is 6.06. The van der Waals surface area contributed by atoms with Crippen molar-refractivity contribution < 1.29 is 22.7 Å². The molecule has 0 spiro atoms. The van der Waals surface area contributed by atoms with Crippen molar-refractivity contribution in [2.75, 3.05) is 18.5 Å². The molecule has 0 heterocycles. The van der Waals surface area contributed by atoms with Crippen LogP contribution in [0.4, 0.5) is 18.9 Å². The van der Waals surface area contributed by atoms with Crippen molar-refractivity contribution in [3.05, 3.63) is 65.8 Å². The van der Waals surface area contributed by atoms with Gasteiger partial charge >= 0.3 is 0 Å². The van der Waals surface area contributed by atoms with Crippen LogP contribution in [0.15, 0.2) is 54.4 Å². The molecular weight excluding hydrogens is 399 g/mol. The first-order chi connectivity index (χ1) is 13.9. The van der Waals surface area contributed by atoms with Crippen molar-refractivity contribution in [2.45, 2.75) is 31.7 Å². The zero-order valence-electron chi connectivity index (χ0n) is 17.0. The Bertz CT molecular complexity index is 842. The van der Waals surface area contributed by atoms with E-state index in [1.54, 1.807) is 6.92 Å². The van der Waals surface area contributed by atoms with Gasteiger partial charge in [-0.05, 0) is 37.1 Å². The van der Waals surface area contributed by atoms with E-state index in [2.05, 4.69) is 23.9 Å². The number of carbonyl (C=O) groups excluding carboxylic acids is 1. The summed E-state index contributed by atoms with van der Waals surface area (Å²) in [6, 6.07) is 3.25. The predicted molar refractivity (Wildman–Crippen MR) is 110 cm³/mol. The Hall–Kier alpha value is -2.82. The number of carbonyl (C=O) groups is 1. The van der Waals surface area contributed by atoms with Crippen molar-refractivity contribution in [1.82, 2.24) is 5.43 Å². The highest BCUT2D eigenvalue weighted by Crippen LogP contribution is 2.40.